The second kappa shape index (κ2) is 10.0. The number of rotatable bonds is 5. The Labute approximate surface area is 197 Å². The first-order valence-corrected chi connectivity index (χ1v) is 12.3. The maximum Gasteiger partial charge on any atom is 0.225 e. The van der Waals surface area contributed by atoms with Crippen LogP contribution in [0.3, 0.4) is 0 Å². The Kier molecular flexibility index (Phi) is 7.13. The third-order valence-electron chi connectivity index (χ3n) is 6.61. The fourth-order valence-electron chi connectivity index (χ4n) is 4.87. The van der Waals surface area contributed by atoms with Crippen molar-refractivity contribution in [3.05, 3.63) is 40.6 Å². The van der Waals surface area contributed by atoms with Crippen LogP contribution in [0.5, 0.6) is 0 Å². The van der Waals surface area contributed by atoms with E-state index in [1.807, 2.05) is 0 Å². The summed E-state index contributed by atoms with van der Waals surface area (Å²) in [5.41, 5.74) is 6.12. The molecule has 7 heteroatoms. The number of thiocarbonyl (C=S) groups is 1. The van der Waals surface area contributed by atoms with Gasteiger partial charge in [0.1, 0.15) is 5.82 Å². The predicted molar refractivity (Wildman–Crippen MR) is 138 cm³/mol. The largest absolute Gasteiger partial charge is 0.362 e. The number of hydrogen-bond acceptors (Lipinski definition) is 5. The summed E-state index contributed by atoms with van der Waals surface area (Å²) in [6.07, 6.45) is 8.95. The normalized spacial score (nSPS) is 20.2. The molecule has 4 rings (SSSR count). The molecule has 2 aromatic rings. The summed E-state index contributed by atoms with van der Waals surface area (Å²) < 4.78 is 0. The third kappa shape index (κ3) is 5.49. The summed E-state index contributed by atoms with van der Waals surface area (Å²) in [5.74, 6) is 1.87. The first-order chi connectivity index (χ1) is 15.4. The van der Waals surface area contributed by atoms with Crippen LogP contribution in [0.4, 0.5) is 17.5 Å². The van der Waals surface area contributed by atoms with Crippen LogP contribution < -0.4 is 20.9 Å². The molecule has 0 saturated heterocycles. The van der Waals surface area contributed by atoms with Gasteiger partial charge >= 0.3 is 0 Å². The molecular formula is C25H36N6S. The highest BCUT2D eigenvalue weighted by molar-refractivity contribution is 7.80. The summed E-state index contributed by atoms with van der Waals surface area (Å²) >= 11 is 5.58. The summed E-state index contributed by atoms with van der Waals surface area (Å²) in [6.45, 7) is 4.22. The van der Waals surface area contributed by atoms with Gasteiger partial charge in [0.2, 0.25) is 5.95 Å². The van der Waals surface area contributed by atoms with Crippen molar-refractivity contribution < 1.29 is 0 Å². The lowest BCUT2D eigenvalue weighted by Gasteiger charge is -2.31. The van der Waals surface area contributed by atoms with E-state index < -0.39 is 0 Å². The number of hydrogen-bond donors (Lipinski definition) is 3. The van der Waals surface area contributed by atoms with E-state index in [0.29, 0.717) is 17.2 Å². The molecule has 6 nitrogen and oxygen atoms in total. The van der Waals surface area contributed by atoms with Crippen molar-refractivity contribution in [2.75, 3.05) is 29.6 Å². The minimum absolute atomic E-state index is 0.403. The molecular weight excluding hydrogens is 416 g/mol. The lowest BCUT2D eigenvalue weighted by molar-refractivity contribution is 0.387. The predicted octanol–water partition coefficient (Wildman–Crippen LogP) is 4.75. The molecule has 32 heavy (non-hydrogen) atoms. The Bertz CT molecular complexity index is 965. The lowest BCUT2D eigenvalue weighted by atomic mass is 9.91. The summed E-state index contributed by atoms with van der Waals surface area (Å²) in [6, 6.07) is 7.19. The highest BCUT2D eigenvalue weighted by atomic mass is 32.1. The second-order valence-corrected chi connectivity index (χ2v) is 9.92. The SMILES string of the molecule is Cc1ccc(NC(=S)NC2CCC(Nc3nc4c(c(N(C)C)n3)CCCC4)CC2)c(C)c1. The molecule has 0 atom stereocenters. The zero-order chi connectivity index (χ0) is 22.7. The minimum Gasteiger partial charge on any atom is -0.362 e. The fourth-order valence-corrected chi connectivity index (χ4v) is 5.15. The van der Waals surface area contributed by atoms with E-state index in [9.17, 15) is 0 Å². The molecule has 1 fully saturated rings. The molecule has 2 aliphatic rings. The Morgan fingerprint density at radius 1 is 1.00 bits per heavy atom. The maximum atomic E-state index is 5.58. The zero-order valence-corrected chi connectivity index (χ0v) is 20.6. The molecule has 0 amide bonds. The molecule has 1 aromatic heterocycles. The number of nitrogens with zero attached hydrogens (tertiary/aromatic N) is 3. The third-order valence-corrected chi connectivity index (χ3v) is 6.83. The summed E-state index contributed by atoms with van der Waals surface area (Å²) in [7, 11) is 4.15. The van der Waals surface area contributed by atoms with Crippen molar-refractivity contribution in [1.82, 2.24) is 15.3 Å². The standard InChI is InChI=1S/C25H36N6S/c1-16-9-14-21(17(2)15-16)29-25(32)27-19-12-10-18(11-13-19)26-24-28-22-8-6-5-7-20(22)23(30-24)31(3)4/h9,14-15,18-19H,5-8,10-13H2,1-4H3,(H,26,28,30)(H2,27,29,32). The van der Waals surface area contributed by atoms with Crippen LogP contribution in [-0.4, -0.2) is 41.3 Å². The smallest absolute Gasteiger partial charge is 0.225 e. The van der Waals surface area contributed by atoms with Crippen LogP contribution in [-0.2, 0) is 12.8 Å². The van der Waals surface area contributed by atoms with Crippen molar-refractivity contribution >= 4 is 34.8 Å². The van der Waals surface area contributed by atoms with Crippen LogP contribution in [0.1, 0.15) is 60.9 Å². The van der Waals surface area contributed by atoms with Gasteiger partial charge in [-0.15, -0.1) is 0 Å². The fraction of sp³-hybridized carbons (Fsp3) is 0.560. The van der Waals surface area contributed by atoms with E-state index in [1.165, 1.54) is 35.2 Å². The van der Waals surface area contributed by atoms with Crippen LogP contribution in [0.2, 0.25) is 0 Å². The van der Waals surface area contributed by atoms with Gasteiger partial charge in [-0.1, -0.05) is 17.7 Å². The highest BCUT2D eigenvalue weighted by Gasteiger charge is 2.24. The zero-order valence-electron chi connectivity index (χ0n) is 19.8. The number of aryl methyl sites for hydroxylation is 3. The average Bonchev–Trinajstić information content (AvgIpc) is 2.76. The molecule has 172 valence electrons. The molecule has 2 aliphatic carbocycles. The topological polar surface area (TPSA) is 65.1 Å². The van der Waals surface area contributed by atoms with Crippen LogP contribution >= 0.6 is 12.2 Å². The second-order valence-electron chi connectivity index (χ2n) is 9.51. The summed E-state index contributed by atoms with van der Waals surface area (Å²) in [5, 5.41) is 11.2. The number of anilines is 3. The lowest BCUT2D eigenvalue weighted by Crippen LogP contribution is -2.42. The van der Waals surface area contributed by atoms with Crippen molar-refractivity contribution in [3.63, 3.8) is 0 Å². The van der Waals surface area contributed by atoms with Gasteiger partial charge in [0, 0.05) is 37.4 Å². The Hall–Kier alpha value is -2.41. The van der Waals surface area contributed by atoms with Crippen molar-refractivity contribution in [2.24, 2.45) is 0 Å². The van der Waals surface area contributed by atoms with Gasteiger partial charge in [-0.3, -0.25) is 0 Å². The average molecular weight is 453 g/mol. The van der Waals surface area contributed by atoms with E-state index >= 15 is 0 Å². The van der Waals surface area contributed by atoms with E-state index in [2.05, 4.69) is 67.0 Å². The number of aromatic nitrogens is 2. The van der Waals surface area contributed by atoms with Gasteiger partial charge in [-0.05, 0) is 89.1 Å². The van der Waals surface area contributed by atoms with E-state index in [-0.39, 0.29) is 0 Å². The first-order valence-electron chi connectivity index (χ1n) is 11.9. The van der Waals surface area contributed by atoms with Crippen LogP contribution in [0.15, 0.2) is 18.2 Å². The molecule has 1 heterocycles. The maximum absolute atomic E-state index is 5.58. The molecule has 1 aromatic carbocycles. The van der Waals surface area contributed by atoms with E-state index in [0.717, 1.165) is 56.0 Å². The number of benzene rings is 1. The van der Waals surface area contributed by atoms with Gasteiger partial charge in [0.05, 0.1) is 5.69 Å². The van der Waals surface area contributed by atoms with Crippen molar-refractivity contribution in [1.29, 1.82) is 0 Å². The number of fused-ring (bicyclic) bond motifs is 1. The van der Waals surface area contributed by atoms with Crippen LogP contribution in [0.25, 0.3) is 0 Å². The Morgan fingerprint density at radius 3 is 2.44 bits per heavy atom. The van der Waals surface area contributed by atoms with Crippen molar-refractivity contribution in [3.8, 4) is 0 Å². The van der Waals surface area contributed by atoms with Crippen molar-refractivity contribution in [2.45, 2.75) is 77.3 Å². The van der Waals surface area contributed by atoms with E-state index in [1.54, 1.807) is 0 Å². The Balaban J connectivity index is 1.30. The van der Waals surface area contributed by atoms with Gasteiger partial charge < -0.3 is 20.9 Å². The summed E-state index contributed by atoms with van der Waals surface area (Å²) in [4.78, 5) is 11.9. The first kappa shape index (κ1) is 22.8. The van der Waals surface area contributed by atoms with Gasteiger partial charge in [-0.2, -0.15) is 4.98 Å². The molecule has 1 saturated carbocycles. The number of nitrogens with one attached hydrogen (secondary N) is 3. The molecule has 0 bridgehead atoms. The highest BCUT2D eigenvalue weighted by Crippen LogP contribution is 2.29. The molecule has 3 N–H and O–H groups in total. The monoisotopic (exact) mass is 452 g/mol. The van der Waals surface area contributed by atoms with E-state index in [4.69, 9.17) is 22.2 Å². The molecule has 0 unspecified atom stereocenters. The molecule has 0 spiro atoms. The van der Waals surface area contributed by atoms with Crippen LogP contribution in [0, 0.1) is 13.8 Å². The van der Waals surface area contributed by atoms with Gasteiger partial charge in [-0.25, -0.2) is 4.98 Å². The molecule has 0 aliphatic heterocycles. The Morgan fingerprint density at radius 2 is 1.72 bits per heavy atom. The quantitative estimate of drug-likeness (QED) is 0.566. The minimum atomic E-state index is 0.403. The molecule has 0 radical (unpaired) electrons. The van der Waals surface area contributed by atoms with Gasteiger partial charge in [0.15, 0.2) is 5.11 Å². The van der Waals surface area contributed by atoms with Gasteiger partial charge in [0.25, 0.3) is 0 Å².